The fourth-order valence-electron chi connectivity index (χ4n) is 2.33. The number of nitro groups is 1. The molecule has 1 aliphatic rings. The van der Waals surface area contributed by atoms with Gasteiger partial charge in [0.25, 0.3) is 5.69 Å². The molecule has 1 fully saturated rings. The van der Waals surface area contributed by atoms with Gasteiger partial charge in [-0.15, -0.1) is 0 Å². The molecule has 6 nitrogen and oxygen atoms in total. The normalized spacial score (nSPS) is 20.1. The molecule has 1 saturated heterocycles. The lowest BCUT2D eigenvalue weighted by Crippen LogP contribution is -2.38. The van der Waals surface area contributed by atoms with E-state index in [1.165, 1.54) is 12.1 Å². The van der Waals surface area contributed by atoms with E-state index in [1.54, 1.807) is 0 Å². The summed E-state index contributed by atoms with van der Waals surface area (Å²) < 4.78 is 53.0. The molecular formula is C11H8F4N4O2. The standard InChI is InChI=1S/C11H8F4N4O2/c12-10(13)4-18(5-11(10,14)15)9-8-6(16-17-9)2-1-3-7(8)19(20)21/h1-3H,4-5H2,(H,16,17). The molecule has 0 unspecified atom stereocenters. The van der Waals surface area contributed by atoms with Crippen molar-refractivity contribution in [1.82, 2.24) is 10.2 Å². The van der Waals surface area contributed by atoms with Gasteiger partial charge in [0, 0.05) is 6.07 Å². The van der Waals surface area contributed by atoms with Crippen LogP contribution in [0, 0.1) is 10.1 Å². The molecule has 2 heterocycles. The minimum Gasteiger partial charge on any atom is -0.342 e. The van der Waals surface area contributed by atoms with Crippen molar-refractivity contribution in [3.8, 4) is 0 Å². The summed E-state index contributed by atoms with van der Waals surface area (Å²) in [5.74, 6) is -8.68. The number of aromatic nitrogens is 2. The van der Waals surface area contributed by atoms with Crippen LogP contribution < -0.4 is 4.90 Å². The van der Waals surface area contributed by atoms with Crippen LogP contribution in [-0.2, 0) is 0 Å². The van der Waals surface area contributed by atoms with Crippen LogP contribution >= 0.6 is 0 Å². The van der Waals surface area contributed by atoms with Gasteiger partial charge in [0.05, 0.1) is 23.5 Å². The van der Waals surface area contributed by atoms with Crippen molar-refractivity contribution < 1.29 is 22.5 Å². The Morgan fingerprint density at radius 2 is 1.86 bits per heavy atom. The average molecular weight is 304 g/mol. The molecule has 3 rings (SSSR count). The molecule has 0 radical (unpaired) electrons. The van der Waals surface area contributed by atoms with E-state index in [0.29, 0.717) is 4.90 Å². The van der Waals surface area contributed by atoms with Gasteiger partial charge in [-0.05, 0) is 6.07 Å². The van der Waals surface area contributed by atoms with Crippen LogP contribution in [-0.4, -0.2) is 40.1 Å². The van der Waals surface area contributed by atoms with E-state index in [0.717, 1.165) is 6.07 Å². The lowest BCUT2D eigenvalue weighted by Gasteiger charge is -2.14. The first-order chi connectivity index (χ1) is 9.73. The maximum absolute atomic E-state index is 13.3. The SMILES string of the molecule is O=[N+]([O-])c1cccc2[nH]nc(N3CC(F)(F)C(F)(F)C3)c12. The molecule has 0 bridgehead atoms. The fraction of sp³-hybridized carbons (Fsp3) is 0.364. The number of nitro benzene ring substituents is 1. The van der Waals surface area contributed by atoms with Crippen molar-refractivity contribution in [1.29, 1.82) is 0 Å². The Morgan fingerprint density at radius 1 is 1.24 bits per heavy atom. The lowest BCUT2D eigenvalue weighted by molar-refractivity contribution is -0.383. The smallest absolute Gasteiger partial charge is 0.329 e. The number of benzene rings is 1. The number of fused-ring (bicyclic) bond motifs is 1. The quantitative estimate of drug-likeness (QED) is 0.525. The molecule has 0 atom stereocenters. The van der Waals surface area contributed by atoms with Crippen LogP contribution in [0.4, 0.5) is 29.1 Å². The van der Waals surface area contributed by atoms with Crippen LogP contribution in [0.3, 0.4) is 0 Å². The Bertz CT molecular complexity index is 714. The largest absolute Gasteiger partial charge is 0.342 e. The zero-order valence-corrected chi connectivity index (χ0v) is 10.3. The molecular weight excluding hydrogens is 296 g/mol. The van der Waals surface area contributed by atoms with Gasteiger partial charge in [0.2, 0.25) is 0 Å². The third-order valence-corrected chi connectivity index (χ3v) is 3.36. The predicted molar refractivity (Wildman–Crippen MR) is 64.9 cm³/mol. The molecule has 2 aromatic rings. The van der Waals surface area contributed by atoms with E-state index in [4.69, 9.17) is 0 Å². The third kappa shape index (κ3) is 1.89. The number of rotatable bonds is 2. The summed E-state index contributed by atoms with van der Waals surface area (Å²) in [5, 5.41) is 17.0. The Morgan fingerprint density at radius 3 is 2.43 bits per heavy atom. The molecule has 21 heavy (non-hydrogen) atoms. The first-order valence-corrected chi connectivity index (χ1v) is 5.85. The van der Waals surface area contributed by atoms with Gasteiger partial charge in [0.1, 0.15) is 5.39 Å². The number of nitrogens with zero attached hydrogens (tertiary/aromatic N) is 3. The zero-order valence-electron chi connectivity index (χ0n) is 10.3. The van der Waals surface area contributed by atoms with Gasteiger partial charge < -0.3 is 4.90 Å². The number of non-ortho nitro benzene ring substituents is 1. The van der Waals surface area contributed by atoms with E-state index >= 15 is 0 Å². The second-order valence-electron chi connectivity index (χ2n) is 4.77. The summed E-state index contributed by atoms with van der Waals surface area (Å²) in [4.78, 5) is 10.9. The van der Waals surface area contributed by atoms with Crippen molar-refractivity contribution in [3.63, 3.8) is 0 Å². The first-order valence-electron chi connectivity index (χ1n) is 5.85. The monoisotopic (exact) mass is 304 g/mol. The summed E-state index contributed by atoms with van der Waals surface area (Å²) in [6.07, 6.45) is 0. The number of H-pyrrole nitrogens is 1. The van der Waals surface area contributed by atoms with Crippen LogP contribution in [0.5, 0.6) is 0 Å². The molecule has 1 aromatic heterocycles. The average Bonchev–Trinajstić information content (AvgIpc) is 2.88. The molecule has 0 saturated carbocycles. The number of nitrogens with one attached hydrogen (secondary N) is 1. The summed E-state index contributed by atoms with van der Waals surface area (Å²) in [6, 6.07) is 3.99. The lowest BCUT2D eigenvalue weighted by atomic mass is 10.2. The topological polar surface area (TPSA) is 75.1 Å². The third-order valence-electron chi connectivity index (χ3n) is 3.36. The molecule has 0 amide bonds. The van der Waals surface area contributed by atoms with Gasteiger partial charge >= 0.3 is 11.8 Å². The fourth-order valence-corrected chi connectivity index (χ4v) is 2.33. The van der Waals surface area contributed by atoms with Gasteiger partial charge in [-0.25, -0.2) is 0 Å². The highest BCUT2D eigenvalue weighted by Gasteiger charge is 2.63. The molecule has 112 valence electrons. The highest BCUT2D eigenvalue weighted by Crippen LogP contribution is 2.44. The van der Waals surface area contributed by atoms with E-state index in [-0.39, 0.29) is 22.4 Å². The van der Waals surface area contributed by atoms with E-state index in [2.05, 4.69) is 10.2 Å². The van der Waals surface area contributed by atoms with E-state index < -0.39 is 29.9 Å². The van der Waals surface area contributed by atoms with Gasteiger partial charge in [-0.1, -0.05) is 6.07 Å². The van der Waals surface area contributed by atoms with Crippen molar-refractivity contribution in [2.75, 3.05) is 18.0 Å². The second kappa shape index (κ2) is 4.06. The molecule has 0 spiro atoms. The number of halogens is 4. The Balaban J connectivity index is 2.13. The maximum Gasteiger partial charge on any atom is 0.329 e. The summed E-state index contributed by atoms with van der Waals surface area (Å²) in [7, 11) is 0. The van der Waals surface area contributed by atoms with Crippen LogP contribution in [0.15, 0.2) is 18.2 Å². The predicted octanol–water partition coefficient (Wildman–Crippen LogP) is 2.56. The van der Waals surface area contributed by atoms with Gasteiger partial charge in [-0.2, -0.15) is 22.7 Å². The van der Waals surface area contributed by atoms with Crippen molar-refractivity contribution in [3.05, 3.63) is 28.3 Å². The minimum atomic E-state index is -4.21. The Kier molecular flexibility index (Phi) is 2.62. The van der Waals surface area contributed by atoms with E-state index in [9.17, 15) is 27.7 Å². The first kappa shape index (κ1) is 13.6. The van der Waals surface area contributed by atoms with Gasteiger partial charge in [0.15, 0.2) is 5.82 Å². The number of anilines is 1. The summed E-state index contributed by atoms with van der Waals surface area (Å²) >= 11 is 0. The minimum absolute atomic E-state index is 0.0593. The summed E-state index contributed by atoms with van der Waals surface area (Å²) in [6.45, 7) is -2.49. The van der Waals surface area contributed by atoms with Gasteiger partial charge in [-0.3, -0.25) is 15.2 Å². The maximum atomic E-state index is 13.3. The zero-order chi connectivity index (χ0) is 15.4. The van der Waals surface area contributed by atoms with E-state index in [1.807, 2.05) is 0 Å². The number of alkyl halides is 4. The van der Waals surface area contributed by atoms with Crippen molar-refractivity contribution in [2.45, 2.75) is 11.8 Å². The molecule has 1 aliphatic heterocycles. The number of aromatic amines is 1. The molecule has 0 aliphatic carbocycles. The molecule has 10 heteroatoms. The van der Waals surface area contributed by atoms with Crippen LogP contribution in [0.1, 0.15) is 0 Å². The van der Waals surface area contributed by atoms with Crippen LogP contribution in [0.2, 0.25) is 0 Å². The highest BCUT2D eigenvalue weighted by molar-refractivity contribution is 5.98. The Labute approximate surface area is 114 Å². The number of hydrogen-bond donors (Lipinski definition) is 1. The number of hydrogen-bond acceptors (Lipinski definition) is 4. The Hall–Kier alpha value is -2.39. The second-order valence-corrected chi connectivity index (χ2v) is 4.77. The van der Waals surface area contributed by atoms with Crippen molar-refractivity contribution in [2.24, 2.45) is 0 Å². The molecule has 1 aromatic carbocycles. The summed E-state index contributed by atoms with van der Waals surface area (Å²) in [5.41, 5.74) is -0.160. The molecule has 1 N–H and O–H groups in total. The van der Waals surface area contributed by atoms with Crippen LogP contribution in [0.25, 0.3) is 10.9 Å². The highest BCUT2D eigenvalue weighted by atomic mass is 19.3. The van der Waals surface area contributed by atoms with Crippen molar-refractivity contribution >= 4 is 22.4 Å².